The van der Waals surface area contributed by atoms with Crippen LogP contribution in [0.15, 0.2) is 24.3 Å². The number of hydrogen-bond acceptors (Lipinski definition) is 8. The van der Waals surface area contributed by atoms with E-state index in [-0.39, 0.29) is 17.9 Å². The van der Waals surface area contributed by atoms with Crippen LogP contribution >= 0.6 is 0 Å². The summed E-state index contributed by atoms with van der Waals surface area (Å²) in [5.74, 6) is -7.37. The molecule has 12 heteroatoms. The molecule has 5 rings (SSSR count). The van der Waals surface area contributed by atoms with Crippen molar-refractivity contribution in [3.05, 3.63) is 24.3 Å². The smallest absolute Gasteiger partial charge is 0.282 e. The lowest BCUT2D eigenvalue weighted by molar-refractivity contribution is -0.188. The minimum Gasteiger partial charge on any atom is -0.282 e. The Labute approximate surface area is 172 Å². The third-order valence-corrected chi connectivity index (χ3v) is 6.16. The van der Waals surface area contributed by atoms with Crippen LogP contribution in [-0.4, -0.2) is 70.6 Å². The van der Waals surface area contributed by atoms with Crippen molar-refractivity contribution in [3.8, 4) is 0 Å². The summed E-state index contributed by atoms with van der Waals surface area (Å²) < 4.78 is 0. The average Bonchev–Trinajstić information content (AvgIpc) is 2.75. The molecule has 31 heavy (non-hydrogen) atoms. The Morgan fingerprint density at radius 1 is 0.581 bits per heavy atom. The Balaban J connectivity index is 1.37. The van der Waals surface area contributed by atoms with Crippen LogP contribution in [0.4, 0.5) is 11.4 Å². The summed E-state index contributed by atoms with van der Waals surface area (Å²) in [7, 11) is 1.17. The van der Waals surface area contributed by atoms with Gasteiger partial charge in [0, 0.05) is 13.6 Å². The van der Waals surface area contributed by atoms with Crippen LogP contribution in [0.2, 0.25) is 0 Å². The molecular weight excluding hydrogens is 412 g/mol. The first kappa shape index (κ1) is 18.8. The molecule has 4 heterocycles. The first-order chi connectivity index (χ1) is 14.6. The highest BCUT2D eigenvalue weighted by atomic mass is 16.2. The molecule has 0 atom stereocenters. The molecule has 156 valence electrons. The Morgan fingerprint density at radius 2 is 0.903 bits per heavy atom. The molecule has 0 aliphatic carbocycles. The minimum atomic E-state index is -2.31. The molecule has 0 saturated carbocycles. The standard InChI is InChI=1S/C19H12N4O8/c1-3-21-12(26)19(13(21)27)16(30)23(17(19)31)9-6-4-8(5-7-9)22-14(28)18(15(22)29)10(24)20(2)11(18)25/h4-7H,3H2,1-2H3. The topological polar surface area (TPSA) is 150 Å². The van der Waals surface area contributed by atoms with Crippen molar-refractivity contribution in [1.29, 1.82) is 0 Å². The van der Waals surface area contributed by atoms with E-state index in [1.54, 1.807) is 0 Å². The van der Waals surface area contributed by atoms with Crippen molar-refractivity contribution < 1.29 is 38.4 Å². The molecule has 8 amide bonds. The molecule has 1 aromatic carbocycles. The highest BCUT2D eigenvalue weighted by molar-refractivity contribution is 6.60. The molecule has 0 bridgehead atoms. The molecule has 0 radical (unpaired) electrons. The fourth-order valence-electron chi connectivity index (χ4n) is 4.34. The maximum absolute atomic E-state index is 12.5. The van der Waals surface area contributed by atoms with E-state index in [9.17, 15) is 38.4 Å². The van der Waals surface area contributed by atoms with Crippen LogP contribution in [-0.2, 0) is 38.4 Å². The Hall–Kier alpha value is -4.22. The van der Waals surface area contributed by atoms with Crippen LogP contribution in [0, 0.1) is 10.8 Å². The van der Waals surface area contributed by atoms with Crippen molar-refractivity contribution in [3.63, 3.8) is 0 Å². The molecule has 0 N–H and O–H groups in total. The van der Waals surface area contributed by atoms with E-state index in [4.69, 9.17) is 0 Å². The monoisotopic (exact) mass is 424 g/mol. The number of carbonyl (C=O) groups excluding carboxylic acids is 8. The Kier molecular flexibility index (Phi) is 3.20. The van der Waals surface area contributed by atoms with E-state index in [1.807, 2.05) is 0 Å². The van der Waals surface area contributed by atoms with Crippen molar-refractivity contribution in [1.82, 2.24) is 9.80 Å². The van der Waals surface area contributed by atoms with Gasteiger partial charge in [-0.05, 0) is 31.2 Å². The normalized spacial score (nSPS) is 23.4. The van der Waals surface area contributed by atoms with Crippen molar-refractivity contribution in [2.24, 2.45) is 10.8 Å². The second kappa shape index (κ2) is 5.28. The number of hydrogen-bond donors (Lipinski definition) is 0. The predicted octanol–water partition coefficient (Wildman–Crippen LogP) is -2.21. The van der Waals surface area contributed by atoms with Crippen LogP contribution in [0.1, 0.15) is 6.92 Å². The van der Waals surface area contributed by atoms with Crippen LogP contribution < -0.4 is 9.80 Å². The number of β-lactam (4-membered cyclic amide) rings is 8. The highest BCUT2D eigenvalue weighted by Gasteiger charge is 2.81. The predicted molar refractivity (Wildman–Crippen MR) is 96.5 cm³/mol. The molecule has 4 fully saturated rings. The van der Waals surface area contributed by atoms with E-state index in [2.05, 4.69) is 0 Å². The van der Waals surface area contributed by atoms with Gasteiger partial charge in [-0.3, -0.25) is 48.2 Å². The lowest BCUT2D eigenvalue weighted by atomic mass is 9.68. The second-order valence-electron chi connectivity index (χ2n) is 7.43. The number of anilines is 2. The summed E-state index contributed by atoms with van der Waals surface area (Å²) >= 11 is 0. The van der Waals surface area contributed by atoms with E-state index < -0.39 is 58.1 Å². The number of imide groups is 4. The zero-order valence-corrected chi connectivity index (χ0v) is 16.1. The van der Waals surface area contributed by atoms with Crippen molar-refractivity contribution in [2.45, 2.75) is 6.92 Å². The lowest BCUT2D eigenvalue weighted by Crippen LogP contribution is -2.84. The van der Waals surface area contributed by atoms with Crippen LogP contribution in [0.3, 0.4) is 0 Å². The number of nitrogens with zero attached hydrogens (tertiary/aromatic N) is 4. The number of likely N-dealkylation sites (tertiary alicyclic amines) is 2. The molecule has 12 nitrogen and oxygen atoms in total. The van der Waals surface area contributed by atoms with E-state index in [1.165, 1.54) is 38.2 Å². The van der Waals surface area contributed by atoms with Gasteiger partial charge in [0.05, 0.1) is 11.4 Å². The van der Waals surface area contributed by atoms with E-state index in [0.717, 1.165) is 4.90 Å². The van der Waals surface area contributed by atoms with Gasteiger partial charge in [0.15, 0.2) is 0 Å². The molecule has 0 unspecified atom stereocenters. The molecule has 4 aliphatic rings. The van der Waals surface area contributed by atoms with E-state index >= 15 is 0 Å². The largest absolute Gasteiger partial charge is 0.285 e. The third-order valence-electron chi connectivity index (χ3n) is 6.16. The fraction of sp³-hybridized carbons (Fsp3) is 0.263. The molecule has 4 saturated heterocycles. The summed E-state index contributed by atoms with van der Waals surface area (Å²) in [6.07, 6.45) is 0. The first-order valence-electron chi connectivity index (χ1n) is 9.16. The van der Waals surface area contributed by atoms with Crippen molar-refractivity contribution >= 4 is 58.6 Å². The molecule has 1 aromatic rings. The summed E-state index contributed by atoms with van der Waals surface area (Å²) in [6.45, 7) is 1.59. The maximum Gasteiger partial charge on any atom is 0.285 e. The zero-order chi connectivity index (χ0) is 22.6. The summed E-state index contributed by atoms with van der Waals surface area (Å²) in [5.41, 5.74) is -4.55. The maximum atomic E-state index is 12.5. The number of rotatable bonds is 3. The first-order valence-corrected chi connectivity index (χ1v) is 9.16. The lowest BCUT2D eigenvalue weighted by Gasteiger charge is -2.52. The Morgan fingerprint density at radius 3 is 1.23 bits per heavy atom. The van der Waals surface area contributed by atoms with Gasteiger partial charge in [-0.25, -0.2) is 9.80 Å². The number of benzene rings is 1. The average molecular weight is 424 g/mol. The van der Waals surface area contributed by atoms with Crippen LogP contribution in [0.5, 0.6) is 0 Å². The van der Waals surface area contributed by atoms with Gasteiger partial charge in [-0.2, -0.15) is 0 Å². The van der Waals surface area contributed by atoms with Crippen LogP contribution in [0.25, 0.3) is 0 Å². The van der Waals surface area contributed by atoms with Crippen molar-refractivity contribution in [2.75, 3.05) is 23.4 Å². The minimum absolute atomic E-state index is 0.0302. The van der Waals surface area contributed by atoms with Gasteiger partial charge < -0.3 is 0 Å². The molecular formula is C19H12N4O8. The molecule has 0 aromatic heterocycles. The van der Waals surface area contributed by atoms with Gasteiger partial charge in [0.1, 0.15) is 0 Å². The summed E-state index contributed by atoms with van der Waals surface area (Å²) in [4.78, 5) is 101. The van der Waals surface area contributed by atoms with Gasteiger partial charge >= 0.3 is 0 Å². The van der Waals surface area contributed by atoms with Gasteiger partial charge in [0.2, 0.25) is 0 Å². The van der Waals surface area contributed by atoms with Gasteiger partial charge in [0.25, 0.3) is 58.1 Å². The fourth-order valence-corrected chi connectivity index (χ4v) is 4.34. The summed E-state index contributed by atoms with van der Waals surface area (Å²) in [5, 5.41) is 0. The SMILES string of the molecule is CCN1C(=O)C2(C1=O)C(=O)N(c1ccc(N3C(=O)C4(C(=O)N(C)C4=O)C3=O)cc1)C2=O. The highest BCUT2D eigenvalue weighted by Crippen LogP contribution is 2.48. The quantitative estimate of drug-likeness (QED) is 0.392. The number of amides is 8. The second-order valence-corrected chi connectivity index (χ2v) is 7.43. The third kappa shape index (κ3) is 1.59. The molecule has 4 aliphatic heterocycles. The molecule has 2 spiro atoms. The van der Waals surface area contributed by atoms with E-state index in [0.29, 0.717) is 14.7 Å². The van der Waals surface area contributed by atoms with Gasteiger partial charge in [-0.1, -0.05) is 0 Å². The number of carbonyl (C=O) groups is 8. The van der Waals surface area contributed by atoms with Gasteiger partial charge in [-0.15, -0.1) is 0 Å². The zero-order valence-electron chi connectivity index (χ0n) is 16.1. The Bertz CT molecular complexity index is 1150. The summed E-state index contributed by atoms with van der Waals surface area (Å²) in [6, 6.07) is 4.96.